The smallest absolute Gasteiger partial charge is 0.275 e. The van der Waals surface area contributed by atoms with Crippen LogP contribution in [0.3, 0.4) is 0 Å². The van der Waals surface area contributed by atoms with Gasteiger partial charge in [-0.3, -0.25) is 10.1 Å². The summed E-state index contributed by atoms with van der Waals surface area (Å²) in [6.45, 7) is 10.6. The largest absolute Gasteiger partial charge is 0.413 e. The van der Waals surface area contributed by atoms with Crippen molar-refractivity contribution in [3.8, 4) is 0 Å². The van der Waals surface area contributed by atoms with Crippen molar-refractivity contribution in [1.82, 2.24) is 0 Å². The third-order valence-corrected chi connectivity index (χ3v) is 8.48. The van der Waals surface area contributed by atoms with Gasteiger partial charge in [-0.15, -0.1) is 0 Å². The van der Waals surface area contributed by atoms with E-state index in [0.717, 1.165) is 0 Å². The van der Waals surface area contributed by atoms with Crippen LogP contribution in [0.2, 0.25) is 18.1 Å². The summed E-state index contributed by atoms with van der Waals surface area (Å²) in [5.41, 5.74) is 0.978. The number of rotatable bonds is 5. The molecular formula is C14H23NO4Si. The van der Waals surface area contributed by atoms with Gasteiger partial charge in [-0.2, -0.15) is 0 Å². The van der Waals surface area contributed by atoms with Gasteiger partial charge in [-0.1, -0.05) is 32.9 Å². The second-order valence-electron chi connectivity index (χ2n) is 6.38. The van der Waals surface area contributed by atoms with Gasteiger partial charge in [0, 0.05) is 6.07 Å². The van der Waals surface area contributed by atoms with E-state index in [9.17, 15) is 15.2 Å². The highest BCUT2D eigenvalue weighted by Gasteiger charge is 2.37. The molecule has 0 unspecified atom stereocenters. The van der Waals surface area contributed by atoms with Crippen LogP contribution in [0.15, 0.2) is 18.2 Å². The zero-order chi connectivity index (χ0) is 15.6. The molecule has 0 fully saturated rings. The quantitative estimate of drug-likeness (QED) is 0.512. The van der Waals surface area contributed by atoms with Gasteiger partial charge in [0.2, 0.25) is 0 Å². The zero-order valence-electron chi connectivity index (χ0n) is 12.8. The first-order valence-electron chi connectivity index (χ1n) is 6.60. The minimum absolute atomic E-state index is 0.0520. The van der Waals surface area contributed by atoms with Crippen LogP contribution >= 0.6 is 0 Å². The third-order valence-electron chi connectivity index (χ3n) is 4.00. The fourth-order valence-corrected chi connectivity index (χ4v) is 2.53. The van der Waals surface area contributed by atoms with Crippen LogP contribution in [-0.4, -0.2) is 18.3 Å². The zero-order valence-corrected chi connectivity index (χ0v) is 13.8. The normalized spacial score (nSPS) is 12.5. The Hall–Kier alpha value is -1.24. The molecule has 1 aromatic rings. The Balaban J connectivity index is 3.00. The number of nitrogens with zero attached hydrogens (tertiary/aromatic N) is 1. The van der Waals surface area contributed by atoms with E-state index in [1.165, 1.54) is 6.07 Å². The molecule has 0 spiro atoms. The van der Waals surface area contributed by atoms with Gasteiger partial charge in [0.05, 0.1) is 23.7 Å². The maximum Gasteiger partial charge on any atom is 0.275 e. The summed E-state index contributed by atoms with van der Waals surface area (Å²) in [4.78, 5) is 10.5. The molecule has 0 radical (unpaired) electrons. The summed E-state index contributed by atoms with van der Waals surface area (Å²) in [6.07, 6.45) is 0. The maximum absolute atomic E-state index is 11.0. The molecule has 0 saturated carbocycles. The van der Waals surface area contributed by atoms with Crippen molar-refractivity contribution in [1.29, 1.82) is 0 Å². The standard InChI is InChI=1S/C14H23NO4Si/c1-14(2,3)20(4,5)19-10-11-7-6-8-13(15(17)18)12(11)9-16/h6-8,16H,9-10H2,1-5H3. The number of benzene rings is 1. The molecule has 0 heterocycles. The SMILES string of the molecule is CC(C)(C)[Si](C)(C)OCc1cccc([N+](=O)[O-])c1CO. The lowest BCUT2D eigenvalue weighted by Gasteiger charge is -2.36. The van der Waals surface area contributed by atoms with Crippen molar-refractivity contribution >= 4 is 14.0 Å². The summed E-state index contributed by atoms with van der Waals surface area (Å²) < 4.78 is 6.06. The summed E-state index contributed by atoms with van der Waals surface area (Å²) in [5.74, 6) is 0. The van der Waals surface area contributed by atoms with E-state index < -0.39 is 13.2 Å². The van der Waals surface area contributed by atoms with Crippen LogP contribution in [0.4, 0.5) is 5.69 Å². The molecule has 5 nitrogen and oxygen atoms in total. The summed E-state index contributed by atoms with van der Waals surface area (Å²) >= 11 is 0. The summed E-state index contributed by atoms with van der Waals surface area (Å²) in [5, 5.41) is 20.4. The van der Waals surface area contributed by atoms with E-state index in [-0.39, 0.29) is 17.3 Å². The van der Waals surface area contributed by atoms with Gasteiger partial charge in [-0.05, 0) is 23.7 Å². The molecule has 0 aromatic heterocycles. The molecule has 20 heavy (non-hydrogen) atoms. The Morgan fingerprint density at radius 3 is 2.40 bits per heavy atom. The van der Waals surface area contributed by atoms with Crippen molar-refractivity contribution in [3.05, 3.63) is 39.4 Å². The molecular weight excluding hydrogens is 274 g/mol. The molecule has 6 heteroatoms. The minimum atomic E-state index is -1.92. The molecule has 0 bridgehead atoms. The van der Waals surface area contributed by atoms with Gasteiger partial charge in [-0.25, -0.2) is 0 Å². The highest BCUT2D eigenvalue weighted by molar-refractivity contribution is 6.74. The fourth-order valence-electron chi connectivity index (χ4n) is 1.58. The van der Waals surface area contributed by atoms with E-state index in [2.05, 4.69) is 33.9 Å². The second kappa shape index (κ2) is 6.03. The van der Waals surface area contributed by atoms with Gasteiger partial charge < -0.3 is 9.53 Å². The Morgan fingerprint density at radius 2 is 1.95 bits per heavy atom. The highest BCUT2D eigenvalue weighted by atomic mass is 28.4. The molecule has 0 atom stereocenters. The Labute approximate surface area is 120 Å². The van der Waals surface area contributed by atoms with E-state index in [4.69, 9.17) is 4.43 Å². The molecule has 1 N–H and O–H groups in total. The van der Waals surface area contributed by atoms with Gasteiger partial charge in [0.25, 0.3) is 5.69 Å². The Bertz CT molecular complexity index is 494. The third kappa shape index (κ3) is 3.65. The predicted octanol–water partition coefficient (Wildman–Crippen LogP) is 3.61. The summed E-state index contributed by atoms with van der Waals surface area (Å²) in [7, 11) is -1.92. The van der Waals surface area contributed by atoms with Crippen LogP contribution in [-0.2, 0) is 17.6 Å². The molecule has 112 valence electrons. The molecule has 0 amide bonds. The van der Waals surface area contributed by atoms with Crippen LogP contribution in [0, 0.1) is 10.1 Å². The van der Waals surface area contributed by atoms with E-state index in [1.54, 1.807) is 12.1 Å². The van der Waals surface area contributed by atoms with E-state index in [1.807, 2.05) is 0 Å². The van der Waals surface area contributed by atoms with E-state index >= 15 is 0 Å². The number of nitro benzene ring substituents is 1. The molecule has 0 saturated heterocycles. The Morgan fingerprint density at radius 1 is 1.35 bits per heavy atom. The van der Waals surface area contributed by atoms with E-state index in [0.29, 0.717) is 17.7 Å². The monoisotopic (exact) mass is 297 g/mol. The first-order chi connectivity index (χ1) is 9.10. The summed E-state index contributed by atoms with van der Waals surface area (Å²) in [6, 6.07) is 4.80. The van der Waals surface area contributed by atoms with Crippen LogP contribution in [0.1, 0.15) is 31.9 Å². The van der Waals surface area contributed by atoms with Crippen LogP contribution in [0.5, 0.6) is 0 Å². The number of nitro groups is 1. The Kier molecular flexibility index (Phi) is 5.07. The lowest BCUT2D eigenvalue weighted by molar-refractivity contribution is -0.385. The molecule has 0 aliphatic heterocycles. The second-order valence-corrected chi connectivity index (χ2v) is 11.2. The lowest BCUT2D eigenvalue weighted by atomic mass is 10.1. The predicted molar refractivity (Wildman–Crippen MR) is 81.0 cm³/mol. The van der Waals surface area contributed by atoms with Crippen molar-refractivity contribution in [2.45, 2.75) is 52.1 Å². The molecule has 1 aromatic carbocycles. The number of aliphatic hydroxyl groups is 1. The minimum Gasteiger partial charge on any atom is -0.413 e. The first kappa shape index (κ1) is 16.8. The van der Waals surface area contributed by atoms with Gasteiger partial charge >= 0.3 is 0 Å². The molecule has 0 aliphatic rings. The maximum atomic E-state index is 11.0. The van der Waals surface area contributed by atoms with Crippen LogP contribution < -0.4 is 0 Å². The molecule has 1 rings (SSSR count). The van der Waals surface area contributed by atoms with Crippen molar-refractivity contribution in [3.63, 3.8) is 0 Å². The van der Waals surface area contributed by atoms with Crippen molar-refractivity contribution in [2.24, 2.45) is 0 Å². The lowest BCUT2D eigenvalue weighted by Crippen LogP contribution is -2.40. The molecule has 0 aliphatic carbocycles. The number of hydrogen-bond donors (Lipinski definition) is 1. The number of aliphatic hydroxyl groups excluding tert-OH is 1. The average Bonchev–Trinajstić information content (AvgIpc) is 2.34. The highest BCUT2D eigenvalue weighted by Crippen LogP contribution is 2.37. The van der Waals surface area contributed by atoms with Gasteiger partial charge in [0.15, 0.2) is 8.32 Å². The average molecular weight is 297 g/mol. The topological polar surface area (TPSA) is 72.6 Å². The van der Waals surface area contributed by atoms with Crippen molar-refractivity contribution < 1.29 is 14.5 Å². The van der Waals surface area contributed by atoms with Gasteiger partial charge in [0.1, 0.15) is 0 Å². The fraction of sp³-hybridized carbons (Fsp3) is 0.571. The number of hydrogen-bond acceptors (Lipinski definition) is 4. The van der Waals surface area contributed by atoms with Crippen molar-refractivity contribution in [2.75, 3.05) is 0 Å². The first-order valence-corrected chi connectivity index (χ1v) is 9.51. The van der Waals surface area contributed by atoms with Crippen LogP contribution in [0.25, 0.3) is 0 Å².